The Morgan fingerprint density at radius 3 is 2.56 bits per heavy atom. The maximum Gasteiger partial charge on any atom is 0.244 e. The molecule has 3 nitrogen and oxygen atoms in total. The Kier molecular flexibility index (Phi) is 5.47. The molecule has 0 heterocycles. The molecule has 3 rings (SSSR count). The van der Waals surface area contributed by atoms with Crippen molar-refractivity contribution in [2.45, 2.75) is 6.92 Å². The van der Waals surface area contributed by atoms with E-state index < -0.39 is 0 Å². The minimum absolute atomic E-state index is 0.123. The number of benzene rings is 3. The van der Waals surface area contributed by atoms with Gasteiger partial charge in [-0.05, 0) is 41.5 Å². The van der Waals surface area contributed by atoms with Crippen molar-refractivity contribution in [2.75, 3.05) is 13.2 Å². The van der Waals surface area contributed by atoms with E-state index in [-0.39, 0.29) is 5.91 Å². The highest BCUT2D eigenvalue weighted by Crippen LogP contribution is 2.20. The summed E-state index contributed by atoms with van der Waals surface area (Å²) < 4.78 is 5.70. The van der Waals surface area contributed by atoms with E-state index in [0.29, 0.717) is 13.2 Å². The molecule has 0 radical (unpaired) electrons. The molecule has 1 amide bonds. The van der Waals surface area contributed by atoms with Gasteiger partial charge in [0.15, 0.2) is 0 Å². The highest BCUT2D eigenvalue weighted by molar-refractivity contribution is 5.91. The number of ether oxygens (including phenoxy) is 1. The van der Waals surface area contributed by atoms with Gasteiger partial charge < -0.3 is 10.1 Å². The number of nitrogens with one attached hydrogen (secondary N) is 1. The lowest BCUT2D eigenvalue weighted by atomic mass is 10.1. The van der Waals surface area contributed by atoms with Gasteiger partial charge in [0.25, 0.3) is 0 Å². The number of hydrogen-bond donors (Lipinski definition) is 1. The summed E-state index contributed by atoms with van der Waals surface area (Å²) in [5.41, 5.74) is 2.21. The smallest absolute Gasteiger partial charge is 0.244 e. The van der Waals surface area contributed by atoms with E-state index in [0.717, 1.165) is 16.7 Å². The maximum absolute atomic E-state index is 11.8. The van der Waals surface area contributed by atoms with Gasteiger partial charge in [0.1, 0.15) is 12.4 Å². The first-order valence-corrected chi connectivity index (χ1v) is 8.35. The van der Waals surface area contributed by atoms with Gasteiger partial charge in [-0.2, -0.15) is 0 Å². The van der Waals surface area contributed by atoms with Crippen molar-refractivity contribution in [3.05, 3.63) is 83.9 Å². The molecule has 25 heavy (non-hydrogen) atoms. The summed E-state index contributed by atoms with van der Waals surface area (Å²) in [6.07, 6.45) is 3.35. The third kappa shape index (κ3) is 4.95. The maximum atomic E-state index is 11.8. The van der Waals surface area contributed by atoms with Crippen molar-refractivity contribution >= 4 is 22.8 Å². The van der Waals surface area contributed by atoms with Gasteiger partial charge in [0.05, 0.1) is 6.54 Å². The molecule has 0 aromatic heterocycles. The average Bonchev–Trinajstić information content (AvgIpc) is 2.64. The Balaban J connectivity index is 1.44. The van der Waals surface area contributed by atoms with Crippen molar-refractivity contribution < 1.29 is 9.53 Å². The molecule has 0 saturated heterocycles. The molecular formula is C22H21NO2. The number of rotatable bonds is 6. The molecular weight excluding hydrogens is 310 g/mol. The minimum Gasteiger partial charge on any atom is -0.492 e. The first-order chi connectivity index (χ1) is 12.2. The standard InChI is InChI=1S/C22H21NO2/c1-17-6-8-18(9-7-17)10-13-22(24)23-14-15-25-21-12-11-19-4-2-3-5-20(19)16-21/h2-13,16H,14-15H2,1H3,(H,23,24)/b13-10+. The Bertz CT molecular complexity index is 882. The summed E-state index contributed by atoms with van der Waals surface area (Å²) in [7, 11) is 0. The second-order valence-corrected chi connectivity index (χ2v) is 5.89. The number of hydrogen-bond acceptors (Lipinski definition) is 2. The third-order valence-electron chi connectivity index (χ3n) is 3.90. The third-order valence-corrected chi connectivity index (χ3v) is 3.90. The van der Waals surface area contributed by atoms with Crippen molar-refractivity contribution in [3.63, 3.8) is 0 Å². The lowest BCUT2D eigenvalue weighted by Crippen LogP contribution is -2.26. The van der Waals surface area contributed by atoms with Gasteiger partial charge in [0.2, 0.25) is 5.91 Å². The molecule has 126 valence electrons. The highest BCUT2D eigenvalue weighted by Gasteiger charge is 1.98. The second kappa shape index (κ2) is 8.15. The molecule has 3 heteroatoms. The number of aryl methyl sites for hydroxylation is 1. The van der Waals surface area contributed by atoms with Crippen LogP contribution in [0.4, 0.5) is 0 Å². The summed E-state index contributed by atoms with van der Waals surface area (Å²) in [5.74, 6) is 0.686. The van der Waals surface area contributed by atoms with Crippen LogP contribution in [0.1, 0.15) is 11.1 Å². The predicted molar refractivity (Wildman–Crippen MR) is 103 cm³/mol. The second-order valence-electron chi connectivity index (χ2n) is 5.89. The van der Waals surface area contributed by atoms with Gasteiger partial charge in [-0.25, -0.2) is 0 Å². The Morgan fingerprint density at radius 2 is 1.76 bits per heavy atom. The van der Waals surface area contributed by atoms with Crippen LogP contribution in [-0.2, 0) is 4.79 Å². The van der Waals surface area contributed by atoms with Crippen LogP contribution in [0, 0.1) is 6.92 Å². The van der Waals surface area contributed by atoms with Crippen LogP contribution >= 0.6 is 0 Å². The van der Waals surface area contributed by atoms with Crippen LogP contribution < -0.4 is 10.1 Å². The van der Waals surface area contributed by atoms with Crippen LogP contribution in [0.2, 0.25) is 0 Å². The van der Waals surface area contributed by atoms with Crippen molar-refractivity contribution in [1.29, 1.82) is 0 Å². The van der Waals surface area contributed by atoms with Gasteiger partial charge >= 0.3 is 0 Å². The van der Waals surface area contributed by atoms with Crippen LogP contribution in [0.15, 0.2) is 72.8 Å². The van der Waals surface area contributed by atoms with E-state index in [9.17, 15) is 4.79 Å². The molecule has 0 unspecified atom stereocenters. The van der Waals surface area contributed by atoms with Crippen molar-refractivity contribution in [3.8, 4) is 5.75 Å². The molecule has 3 aromatic carbocycles. The number of carbonyl (C=O) groups is 1. The van der Waals surface area contributed by atoms with Gasteiger partial charge in [-0.1, -0.05) is 60.2 Å². The summed E-state index contributed by atoms with van der Waals surface area (Å²) in [6, 6.07) is 22.2. The molecule has 0 bridgehead atoms. The lowest BCUT2D eigenvalue weighted by molar-refractivity contribution is -0.116. The van der Waals surface area contributed by atoms with E-state index in [1.54, 1.807) is 12.2 Å². The van der Waals surface area contributed by atoms with Crippen LogP contribution in [0.25, 0.3) is 16.8 Å². The fourth-order valence-electron chi connectivity index (χ4n) is 2.51. The van der Waals surface area contributed by atoms with E-state index in [1.807, 2.05) is 61.5 Å². The van der Waals surface area contributed by atoms with E-state index >= 15 is 0 Å². The molecule has 0 spiro atoms. The average molecular weight is 331 g/mol. The highest BCUT2D eigenvalue weighted by atomic mass is 16.5. The Labute approximate surface area is 147 Å². The van der Waals surface area contributed by atoms with Crippen molar-refractivity contribution in [1.82, 2.24) is 5.32 Å². The number of amides is 1. The van der Waals surface area contributed by atoms with E-state index in [2.05, 4.69) is 17.4 Å². The molecule has 0 saturated carbocycles. The van der Waals surface area contributed by atoms with E-state index in [1.165, 1.54) is 10.9 Å². The Morgan fingerprint density at radius 1 is 1.00 bits per heavy atom. The van der Waals surface area contributed by atoms with Crippen LogP contribution in [0.5, 0.6) is 5.75 Å². The molecule has 0 fully saturated rings. The predicted octanol–water partition coefficient (Wildman–Crippen LogP) is 4.36. The zero-order valence-electron chi connectivity index (χ0n) is 14.2. The first-order valence-electron chi connectivity index (χ1n) is 8.35. The molecule has 0 aliphatic carbocycles. The molecule has 0 aliphatic rings. The van der Waals surface area contributed by atoms with Gasteiger partial charge in [-0.15, -0.1) is 0 Å². The SMILES string of the molecule is Cc1ccc(/C=C/C(=O)NCCOc2ccc3ccccc3c2)cc1. The quantitative estimate of drug-likeness (QED) is 0.538. The van der Waals surface area contributed by atoms with Gasteiger partial charge in [-0.3, -0.25) is 4.79 Å². The molecule has 0 atom stereocenters. The number of fused-ring (bicyclic) bond motifs is 1. The molecule has 0 aliphatic heterocycles. The van der Waals surface area contributed by atoms with Gasteiger partial charge in [0, 0.05) is 6.08 Å². The number of carbonyl (C=O) groups excluding carboxylic acids is 1. The summed E-state index contributed by atoms with van der Waals surface area (Å²) in [4.78, 5) is 11.8. The summed E-state index contributed by atoms with van der Waals surface area (Å²) in [5, 5.41) is 5.15. The zero-order valence-corrected chi connectivity index (χ0v) is 14.2. The first kappa shape index (κ1) is 16.8. The minimum atomic E-state index is -0.123. The summed E-state index contributed by atoms with van der Waals surface area (Å²) >= 11 is 0. The normalized spacial score (nSPS) is 10.9. The van der Waals surface area contributed by atoms with Crippen LogP contribution in [0.3, 0.4) is 0 Å². The molecule has 1 N–H and O–H groups in total. The Hall–Kier alpha value is -3.07. The molecule has 3 aromatic rings. The lowest BCUT2D eigenvalue weighted by Gasteiger charge is -2.07. The topological polar surface area (TPSA) is 38.3 Å². The fourth-order valence-corrected chi connectivity index (χ4v) is 2.51. The van der Waals surface area contributed by atoms with Crippen molar-refractivity contribution in [2.24, 2.45) is 0 Å². The summed E-state index contributed by atoms with van der Waals surface area (Å²) in [6.45, 7) is 2.93. The fraction of sp³-hybridized carbons (Fsp3) is 0.136. The van der Waals surface area contributed by atoms with E-state index in [4.69, 9.17) is 4.74 Å². The largest absolute Gasteiger partial charge is 0.492 e. The monoisotopic (exact) mass is 331 g/mol. The van der Waals surface area contributed by atoms with Crippen LogP contribution in [-0.4, -0.2) is 19.1 Å². The zero-order chi connectivity index (χ0) is 17.5.